The van der Waals surface area contributed by atoms with Gasteiger partial charge in [-0.15, -0.1) is 0 Å². The summed E-state index contributed by atoms with van der Waals surface area (Å²) in [5, 5.41) is 3.64. The lowest BCUT2D eigenvalue weighted by Gasteiger charge is -2.47. The zero-order chi connectivity index (χ0) is 9.31. The molecule has 1 N–H and O–H groups in total. The molecule has 13 heavy (non-hydrogen) atoms. The molecule has 1 saturated carbocycles. The fourth-order valence-corrected chi connectivity index (χ4v) is 2.17. The van der Waals surface area contributed by atoms with E-state index in [1.165, 1.54) is 19.3 Å². The molecular weight excluding hydrogens is 164 g/mol. The summed E-state index contributed by atoms with van der Waals surface area (Å²) in [5.41, 5.74) is 0.378. The number of nitrogens with zero attached hydrogens (tertiary/aromatic N) is 1. The molecule has 1 unspecified atom stereocenters. The monoisotopic (exact) mass is 184 g/mol. The molecule has 3 nitrogen and oxygen atoms in total. The summed E-state index contributed by atoms with van der Waals surface area (Å²) in [7, 11) is 4.19. The topological polar surface area (TPSA) is 24.5 Å². The Kier molecular flexibility index (Phi) is 2.58. The van der Waals surface area contributed by atoms with Gasteiger partial charge in [-0.05, 0) is 33.4 Å². The number of hydrogen-bond acceptors (Lipinski definition) is 3. The molecule has 3 heteroatoms. The van der Waals surface area contributed by atoms with Crippen molar-refractivity contribution in [3.8, 4) is 0 Å². The summed E-state index contributed by atoms with van der Waals surface area (Å²) in [5.74, 6) is 0. The lowest BCUT2D eigenvalue weighted by atomic mass is 9.76. The highest BCUT2D eigenvalue weighted by Gasteiger charge is 2.40. The quantitative estimate of drug-likeness (QED) is 0.675. The van der Waals surface area contributed by atoms with Crippen molar-refractivity contribution in [3.63, 3.8) is 0 Å². The van der Waals surface area contributed by atoms with Crippen LogP contribution >= 0.6 is 0 Å². The third-order valence-corrected chi connectivity index (χ3v) is 3.18. The summed E-state index contributed by atoms with van der Waals surface area (Å²) >= 11 is 0. The second-order valence-corrected chi connectivity index (χ2v) is 4.71. The highest BCUT2D eigenvalue weighted by Crippen LogP contribution is 2.34. The minimum atomic E-state index is 0.378. The normalized spacial score (nSPS) is 32.1. The number of rotatable bonds is 2. The predicted molar refractivity (Wildman–Crippen MR) is 52.9 cm³/mol. The Bertz CT molecular complexity index is 168. The number of ether oxygens (including phenoxy) is 1. The predicted octanol–water partition coefficient (Wildman–Crippen LogP) is 0.459. The Morgan fingerprint density at radius 1 is 1.46 bits per heavy atom. The highest BCUT2D eigenvalue weighted by molar-refractivity contribution is 4.99. The molecule has 0 aromatic heterocycles. The minimum Gasteiger partial charge on any atom is -0.374 e. The summed E-state index contributed by atoms with van der Waals surface area (Å²) in [6.45, 7) is 2.98. The SMILES string of the molecule is CN(C)CC1CNC2(CCC2)CO1. The fraction of sp³-hybridized carbons (Fsp3) is 1.00. The van der Waals surface area contributed by atoms with Gasteiger partial charge in [0, 0.05) is 18.6 Å². The van der Waals surface area contributed by atoms with E-state index in [0.717, 1.165) is 19.7 Å². The zero-order valence-corrected chi connectivity index (χ0v) is 8.68. The van der Waals surface area contributed by atoms with Gasteiger partial charge in [0.25, 0.3) is 0 Å². The van der Waals surface area contributed by atoms with Crippen LogP contribution in [0.4, 0.5) is 0 Å². The van der Waals surface area contributed by atoms with Gasteiger partial charge in [-0.1, -0.05) is 0 Å². The summed E-state index contributed by atoms with van der Waals surface area (Å²) in [6.07, 6.45) is 4.37. The molecule has 1 aliphatic carbocycles. The minimum absolute atomic E-state index is 0.378. The molecule has 1 spiro atoms. The average molecular weight is 184 g/mol. The molecule has 0 amide bonds. The van der Waals surface area contributed by atoms with Gasteiger partial charge in [0.15, 0.2) is 0 Å². The fourth-order valence-electron chi connectivity index (χ4n) is 2.17. The second-order valence-electron chi connectivity index (χ2n) is 4.71. The van der Waals surface area contributed by atoms with Crippen molar-refractivity contribution < 1.29 is 4.74 Å². The smallest absolute Gasteiger partial charge is 0.0826 e. The van der Waals surface area contributed by atoms with Crippen LogP contribution in [0.25, 0.3) is 0 Å². The number of nitrogens with one attached hydrogen (secondary N) is 1. The molecule has 1 aliphatic heterocycles. The number of morpholine rings is 1. The molecule has 0 radical (unpaired) electrons. The van der Waals surface area contributed by atoms with Crippen LogP contribution in [-0.4, -0.2) is 50.3 Å². The highest BCUT2D eigenvalue weighted by atomic mass is 16.5. The Morgan fingerprint density at radius 3 is 2.62 bits per heavy atom. The van der Waals surface area contributed by atoms with Gasteiger partial charge in [0.2, 0.25) is 0 Å². The number of hydrogen-bond donors (Lipinski definition) is 1. The van der Waals surface area contributed by atoms with Crippen LogP contribution in [0.1, 0.15) is 19.3 Å². The number of likely N-dealkylation sites (N-methyl/N-ethyl adjacent to an activating group) is 1. The van der Waals surface area contributed by atoms with Crippen molar-refractivity contribution in [3.05, 3.63) is 0 Å². The summed E-state index contributed by atoms with van der Waals surface area (Å²) in [6, 6.07) is 0. The molecule has 1 atom stereocenters. The molecular formula is C10H20N2O. The lowest BCUT2D eigenvalue weighted by Crippen LogP contribution is -2.62. The molecule has 2 aliphatic rings. The van der Waals surface area contributed by atoms with Gasteiger partial charge < -0.3 is 15.0 Å². The van der Waals surface area contributed by atoms with Crippen molar-refractivity contribution in [2.75, 3.05) is 33.8 Å². The van der Waals surface area contributed by atoms with Gasteiger partial charge in [-0.3, -0.25) is 0 Å². The first-order valence-corrected chi connectivity index (χ1v) is 5.22. The van der Waals surface area contributed by atoms with E-state index in [2.05, 4.69) is 24.3 Å². The van der Waals surface area contributed by atoms with Gasteiger partial charge in [0.1, 0.15) is 0 Å². The van der Waals surface area contributed by atoms with E-state index in [1.807, 2.05) is 0 Å². The third-order valence-electron chi connectivity index (χ3n) is 3.18. The molecule has 2 rings (SSSR count). The molecule has 2 fully saturated rings. The Balaban J connectivity index is 1.76. The molecule has 76 valence electrons. The first-order chi connectivity index (χ1) is 6.20. The second kappa shape index (κ2) is 3.56. The van der Waals surface area contributed by atoms with E-state index >= 15 is 0 Å². The van der Waals surface area contributed by atoms with Gasteiger partial charge in [-0.2, -0.15) is 0 Å². The summed E-state index contributed by atoms with van der Waals surface area (Å²) in [4.78, 5) is 2.19. The molecule has 0 aromatic rings. The van der Waals surface area contributed by atoms with E-state index in [4.69, 9.17) is 4.74 Å². The van der Waals surface area contributed by atoms with Crippen LogP contribution in [-0.2, 0) is 4.74 Å². The van der Waals surface area contributed by atoms with Crippen LogP contribution in [0.2, 0.25) is 0 Å². The first-order valence-electron chi connectivity index (χ1n) is 5.22. The third kappa shape index (κ3) is 2.03. The maximum Gasteiger partial charge on any atom is 0.0826 e. The average Bonchev–Trinajstić information content (AvgIpc) is 2.02. The van der Waals surface area contributed by atoms with E-state index in [0.29, 0.717) is 11.6 Å². The van der Waals surface area contributed by atoms with Crippen molar-refractivity contribution in [1.82, 2.24) is 10.2 Å². The van der Waals surface area contributed by atoms with E-state index < -0.39 is 0 Å². The van der Waals surface area contributed by atoms with Crippen molar-refractivity contribution >= 4 is 0 Å². The molecule has 1 heterocycles. The van der Waals surface area contributed by atoms with Crippen molar-refractivity contribution in [2.45, 2.75) is 30.9 Å². The maximum absolute atomic E-state index is 5.84. The van der Waals surface area contributed by atoms with E-state index in [9.17, 15) is 0 Å². The maximum atomic E-state index is 5.84. The van der Waals surface area contributed by atoms with Crippen molar-refractivity contribution in [1.29, 1.82) is 0 Å². The standard InChI is InChI=1S/C10H20N2O/c1-12(2)7-9-6-11-10(8-13-9)4-3-5-10/h9,11H,3-8H2,1-2H3. The van der Waals surface area contributed by atoms with Crippen molar-refractivity contribution in [2.24, 2.45) is 0 Å². The Hall–Kier alpha value is -0.120. The van der Waals surface area contributed by atoms with E-state index in [1.54, 1.807) is 0 Å². The Labute approximate surface area is 80.4 Å². The van der Waals surface area contributed by atoms with E-state index in [-0.39, 0.29) is 0 Å². The van der Waals surface area contributed by atoms with Crippen LogP contribution in [0.15, 0.2) is 0 Å². The van der Waals surface area contributed by atoms with Crippen LogP contribution in [0.3, 0.4) is 0 Å². The molecule has 0 bridgehead atoms. The Morgan fingerprint density at radius 2 is 2.23 bits per heavy atom. The molecule has 1 saturated heterocycles. The van der Waals surface area contributed by atoms with Gasteiger partial charge in [-0.25, -0.2) is 0 Å². The molecule has 0 aromatic carbocycles. The first kappa shape index (κ1) is 9.44. The largest absolute Gasteiger partial charge is 0.374 e. The van der Waals surface area contributed by atoms with Crippen LogP contribution in [0.5, 0.6) is 0 Å². The zero-order valence-electron chi connectivity index (χ0n) is 8.68. The lowest BCUT2D eigenvalue weighted by molar-refractivity contribution is -0.0669. The van der Waals surface area contributed by atoms with Crippen LogP contribution in [0, 0.1) is 0 Å². The summed E-state index contributed by atoms with van der Waals surface area (Å²) < 4.78 is 5.84. The van der Waals surface area contributed by atoms with Crippen LogP contribution < -0.4 is 5.32 Å². The van der Waals surface area contributed by atoms with Gasteiger partial charge >= 0.3 is 0 Å². The van der Waals surface area contributed by atoms with Gasteiger partial charge in [0.05, 0.1) is 12.7 Å².